The average molecular weight is 337 g/mol. The first-order valence-corrected chi connectivity index (χ1v) is 10.0. The van der Waals surface area contributed by atoms with Crippen molar-refractivity contribution >= 4 is 22.7 Å². The van der Waals surface area contributed by atoms with Crippen LogP contribution in [0.3, 0.4) is 0 Å². The average Bonchev–Trinajstić information content (AvgIpc) is 2.87. The minimum absolute atomic E-state index is 0.0219. The van der Waals surface area contributed by atoms with E-state index in [0.29, 0.717) is 5.41 Å². The Bertz CT molecular complexity index is 723. The molecule has 1 amide bonds. The van der Waals surface area contributed by atoms with E-state index >= 15 is 0 Å². The van der Waals surface area contributed by atoms with Gasteiger partial charge >= 0.3 is 0 Å². The summed E-state index contributed by atoms with van der Waals surface area (Å²) < 4.78 is 0. The maximum absolute atomic E-state index is 12.5. The van der Waals surface area contributed by atoms with E-state index in [0.717, 1.165) is 33.3 Å². The van der Waals surface area contributed by atoms with Crippen molar-refractivity contribution in [1.82, 2.24) is 0 Å². The summed E-state index contributed by atoms with van der Waals surface area (Å²) in [5.41, 5.74) is 2.59. The second-order valence-corrected chi connectivity index (χ2v) is 9.51. The highest BCUT2D eigenvalue weighted by atomic mass is 32.2. The van der Waals surface area contributed by atoms with Gasteiger partial charge in [0.15, 0.2) is 0 Å². The molecule has 4 saturated carbocycles. The monoisotopic (exact) mass is 337 g/mol. The predicted octanol–water partition coefficient (Wildman–Crippen LogP) is 5.12. The van der Waals surface area contributed by atoms with Gasteiger partial charge in [-0.25, -0.2) is 4.99 Å². The largest absolute Gasteiger partial charge is 0.284 e. The summed E-state index contributed by atoms with van der Waals surface area (Å²) in [5.74, 6) is 2.71. The van der Waals surface area contributed by atoms with E-state index in [-0.39, 0.29) is 5.91 Å². The molecule has 1 aromatic rings. The fourth-order valence-electron chi connectivity index (χ4n) is 5.86. The van der Waals surface area contributed by atoms with E-state index in [1.807, 2.05) is 0 Å². The minimum Gasteiger partial charge on any atom is -0.266 e. The van der Waals surface area contributed by atoms with Gasteiger partial charge in [0.25, 0.3) is 5.91 Å². The first-order valence-electron chi connectivity index (χ1n) is 9.19. The third kappa shape index (κ3) is 2.48. The third-order valence-electron chi connectivity index (χ3n) is 6.44. The lowest BCUT2D eigenvalue weighted by molar-refractivity contribution is -0.113. The first kappa shape index (κ1) is 14.9. The van der Waals surface area contributed by atoms with Crippen molar-refractivity contribution in [3.05, 3.63) is 46.4 Å². The lowest BCUT2D eigenvalue weighted by Crippen LogP contribution is -2.45. The Labute approximate surface area is 147 Å². The molecule has 4 aliphatic carbocycles. The molecule has 4 fully saturated rings. The van der Waals surface area contributed by atoms with Crippen LogP contribution in [-0.4, -0.2) is 11.0 Å². The Hall–Kier alpha value is -1.35. The van der Waals surface area contributed by atoms with Gasteiger partial charge in [-0.1, -0.05) is 47.7 Å². The summed E-state index contributed by atoms with van der Waals surface area (Å²) in [7, 11) is 0. The predicted molar refractivity (Wildman–Crippen MR) is 99.0 cm³/mol. The van der Waals surface area contributed by atoms with Crippen LogP contribution in [0.1, 0.15) is 49.7 Å². The fourth-order valence-corrected chi connectivity index (χ4v) is 6.89. The van der Waals surface area contributed by atoms with Crippen molar-refractivity contribution in [2.75, 3.05) is 0 Å². The number of aliphatic imine (C=N–C) groups is 1. The Morgan fingerprint density at radius 1 is 1.04 bits per heavy atom. The Morgan fingerprint density at radius 2 is 1.62 bits per heavy atom. The molecule has 0 spiro atoms. The van der Waals surface area contributed by atoms with E-state index in [2.05, 4.69) is 42.3 Å². The summed E-state index contributed by atoms with van der Waals surface area (Å²) >= 11 is 1.59. The van der Waals surface area contributed by atoms with Gasteiger partial charge in [-0.05, 0) is 68.6 Å². The summed E-state index contributed by atoms with van der Waals surface area (Å²) in [6, 6.07) is 8.32. The number of allylic oxidation sites excluding steroid dienone is 1. The molecule has 0 N–H and O–H groups in total. The number of hydrogen-bond donors (Lipinski definition) is 0. The highest BCUT2D eigenvalue weighted by molar-refractivity contribution is 8.19. The topological polar surface area (TPSA) is 29.4 Å². The number of nitrogens with zero attached hydrogens (tertiary/aromatic N) is 1. The highest BCUT2D eigenvalue weighted by Crippen LogP contribution is 2.61. The van der Waals surface area contributed by atoms with Gasteiger partial charge in [-0.3, -0.25) is 4.79 Å². The second-order valence-electron chi connectivity index (χ2n) is 8.48. The number of hydrogen-bond acceptors (Lipinski definition) is 2. The van der Waals surface area contributed by atoms with Crippen LogP contribution in [0.4, 0.5) is 0 Å². The summed E-state index contributed by atoms with van der Waals surface area (Å²) in [6.45, 7) is 2.08. The molecule has 124 valence electrons. The van der Waals surface area contributed by atoms with Crippen molar-refractivity contribution in [3.63, 3.8) is 0 Å². The highest BCUT2D eigenvalue weighted by Gasteiger charge is 2.50. The van der Waals surface area contributed by atoms with Gasteiger partial charge in [-0.15, -0.1) is 0 Å². The Kier molecular flexibility index (Phi) is 3.31. The molecule has 0 aromatic heterocycles. The van der Waals surface area contributed by atoms with Crippen molar-refractivity contribution in [2.24, 2.45) is 28.2 Å². The number of aryl methyl sites for hydroxylation is 1. The Balaban J connectivity index is 1.41. The molecule has 24 heavy (non-hydrogen) atoms. The lowest BCUT2D eigenvalue weighted by Gasteiger charge is -2.56. The number of thioether (sulfide) groups is 1. The van der Waals surface area contributed by atoms with Crippen LogP contribution < -0.4 is 0 Å². The zero-order valence-corrected chi connectivity index (χ0v) is 14.9. The molecular weight excluding hydrogens is 314 g/mol. The van der Waals surface area contributed by atoms with Crippen molar-refractivity contribution in [1.29, 1.82) is 0 Å². The van der Waals surface area contributed by atoms with Gasteiger partial charge < -0.3 is 0 Å². The van der Waals surface area contributed by atoms with E-state index < -0.39 is 0 Å². The molecule has 0 radical (unpaired) electrons. The number of carbonyl (C=O) groups excluding carboxylic acids is 1. The molecule has 0 saturated heterocycles. The molecule has 1 aromatic carbocycles. The van der Waals surface area contributed by atoms with E-state index in [4.69, 9.17) is 0 Å². The number of carbonyl (C=O) groups is 1. The molecule has 5 aliphatic rings. The van der Waals surface area contributed by atoms with Crippen LogP contribution in [-0.2, 0) is 4.79 Å². The number of amides is 1. The maximum atomic E-state index is 12.5. The van der Waals surface area contributed by atoms with Crippen molar-refractivity contribution in [3.8, 4) is 0 Å². The molecule has 4 bridgehead atoms. The van der Waals surface area contributed by atoms with Crippen molar-refractivity contribution in [2.45, 2.75) is 45.4 Å². The van der Waals surface area contributed by atoms with Crippen LogP contribution in [0, 0.1) is 30.1 Å². The molecule has 3 heteroatoms. The zero-order chi connectivity index (χ0) is 16.3. The normalized spacial score (nSPS) is 38.9. The molecule has 0 atom stereocenters. The van der Waals surface area contributed by atoms with Gasteiger partial charge in [0.1, 0.15) is 5.04 Å². The van der Waals surface area contributed by atoms with Gasteiger partial charge in [0.2, 0.25) is 0 Å². The Morgan fingerprint density at radius 3 is 2.21 bits per heavy atom. The third-order valence-corrected chi connectivity index (χ3v) is 7.47. The number of benzene rings is 1. The standard InChI is InChI=1S/C21H23NOS/c1-13-2-4-17(5-3-13)20-22-19(23)18(24-20)12-21-9-14-6-15(10-21)8-16(7-14)11-21/h2-5,12,14-16H,6-11H2,1H3/b18-12-. The summed E-state index contributed by atoms with van der Waals surface area (Å²) in [6.07, 6.45) is 10.6. The zero-order valence-electron chi connectivity index (χ0n) is 14.1. The smallest absolute Gasteiger partial charge is 0.266 e. The first-order chi connectivity index (χ1) is 11.6. The SMILES string of the molecule is Cc1ccc(C2=NC(=O)/C(=C/C34CC5CC(CC(C5)C3)C4)S2)cc1. The molecule has 0 unspecified atom stereocenters. The summed E-state index contributed by atoms with van der Waals surface area (Å²) in [5, 5.41) is 0.871. The van der Waals surface area contributed by atoms with Gasteiger partial charge in [-0.2, -0.15) is 0 Å². The van der Waals surface area contributed by atoms with Crippen LogP contribution in [0.5, 0.6) is 0 Å². The van der Waals surface area contributed by atoms with Crippen molar-refractivity contribution < 1.29 is 4.79 Å². The van der Waals surface area contributed by atoms with Gasteiger partial charge in [0, 0.05) is 5.56 Å². The molecule has 6 rings (SSSR count). The molecule has 1 heterocycles. The lowest BCUT2D eigenvalue weighted by atomic mass is 9.49. The fraction of sp³-hybridized carbons (Fsp3) is 0.524. The molecule has 2 nitrogen and oxygen atoms in total. The van der Waals surface area contributed by atoms with Crippen LogP contribution in [0.25, 0.3) is 0 Å². The maximum Gasteiger partial charge on any atom is 0.284 e. The molecular formula is C21H23NOS. The number of rotatable bonds is 2. The van der Waals surface area contributed by atoms with Gasteiger partial charge in [0.05, 0.1) is 4.91 Å². The van der Waals surface area contributed by atoms with E-state index in [9.17, 15) is 4.79 Å². The van der Waals surface area contributed by atoms with E-state index in [1.165, 1.54) is 44.1 Å². The second kappa shape index (κ2) is 5.32. The van der Waals surface area contributed by atoms with E-state index in [1.54, 1.807) is 11.8 Å². The minimum atomic E-state index is -0.0219. The van der Waals surface area contributed by atoms with Crippen LogP contribution in [0.15, 0.2) is 40.2 Å². The summed E-state index contributed by atoms with van der Waals surface area (Å²) in [4.78, 5) is 17.7. The quantitative estimate of drug-likeness (QED) is 0.701. The molecule has 1 aliphatic heterocycles. The van der Waals surface area contributed by atoms with Crippen LogP contribution >= 0.6 is 11.8 Å². The van der Waals surface area contributed by atoms with Crippen LogP contribution in [0.2, 0.25) is 0 Å².